The summed E-state index contributed by atoms with van der Waals surface area (Å²) in [5.74, 6) is -1.21. The summed E-state index contributed by atoms with van der Waals surface area (Å²) in [5, 5.41) is 9.08. The maximum Gasteiger partial charge on any atom is 0.337 e. The van der Waals surface area contributed by atoms with Crippen LogP contribution in [0.1, 0.15) is 23.2 Å². The average molecular weight is 314 g/mol. The number of nitrogens with one attached hydrogen (secondary N) is 1. The Balaban J connectivity index is 2.18. The third-order valence-electron chi connectivity index (χ3n) is 3.34. The van der Waals surface area contributed by atoms with Crippen molar-refractivity contribution < 1.29 is 23.1 Å². The van der Waals surface area contributed by atoms with Crippen molar-refractivity contribution in [2.45, 2.75) is 17.7 Å². The minimum atomic E-state index is -3.92. The average Bonchev–Trinajstić information content (AvgIpc) is 2.46. The van der Waals surface area contributed by atoms with Crippen LogP contribution in [0.15, 0.2) is 23.1 Å². The van der Waals surface area contributed by atoms with E-state index in [0.29, 0.717) is 13.2 Å². The van der Waals surface area contributed by atoms with Crippen molar-refractivity contribution in [1.82, 2.24) is 4.72 Å². The van der Waals surface area contributed by atoms with E-state index in [1.54, 1.807) is 0 Å². The van der Waals surface area contributed by atoms with E-state index in [1.165, 1.54) is 12.1 Å². The van der Waals surface area contributed by atoms with Crippen LogP contribution in [-0.4, -0.2) is 39.3 Å². The van der Waals surface area contributed by atoms with Gasteiger partial charge in [-0.2, -0.15) is 0 Å². The van der Waals surface area contributed by atoms with Crippen molar-refractivity contribution in [3.63, 3.8) is 0 Å². The number of carbonyl (C=O) groups is 1. The first kappa shape index (κ1) is 15.7. The van der Waals surface area contributed by atoms with Gasteiger partial charge in [-0.1, -0.05) is 0 Å². The Bertz CT molecular complexity index is 623. The highest BCUT2D eigenvalue weighted by molar-refractivity contribution is 7.89. The molecule has 8 heteroatoms. The molecule has 0 amide bonds. The number of anilines is 1. The molecule has 1 aliphatic heterocycles. The van der Waals surface area contributed by atoms with Crippen molar-refractivity contribution in [3.05, 3.63) is 23.8 Å². The normalized spacial score (nSPS) is 19.3. The van der Waals surface area contributed by atoms with Gasteiger partial charge >= 0.3 is 5.97 Å². The summed E-state index contributed by atoms with van der Waals surface area (Å²) in [6.45, 7) is 1.42. The second kappa shape index (κ2) is 6.42. The molecule has 0 aromatic heterocycles. The van der Waals surface area contributed by atoms with E-state index in [0.717, 1.165) is 18.9 Å². The zero-order valence-electron chi connectivity index (χ0n) is 11.4. The van der Waals surface area contributed by atoms with E-state index in [2.05, 4.69) is 4.72 Å². The highest BCUT2D eigenvalue weighted by Gasteiger charge is 2.24. The number of nitrogens with two attached hydrogens (primary N) is 1. The minimum absolute atomic E-state index is 0.0999. The number of benzene rings is 1. The van der Waals surface area contributed by atoms with Gasteiger partial charge in [0.15, 0.2) is 0 Å². The quantitative estimate of drug-likeness (QED) is 0.687. The van der Waals surface area contributed by atoms with Gasteiger partial charge in [-0.15, -0.1) is 0 Å². The Kier molecular flexibility index (Phi) is 4.81. The molecule has 0 aliphatic carbocycles. The third kappa shape index (κ3) is 3.93. The van der Waals surface area contributed by atoms with E-state index >= 15 is 0 Å². The highest BCUT2D eigenvalue weighted by atomic mass is 32.2. The van der Waals surface area contributed by atoms with Gasteiger partial charge in [-0.25, -0.2) is 17.9 Å². The maximum atomic E-state index is 12.3. The fourth-order valence-corrected chi connectivity index (χ4v) is 3.56. The van der Waals surface area contributed by atoms with E-state index in [4.69, 9.17) is 15.6 Å². The summed E-state index contributed by atoms with van der Waals surface area (Å²) in [6.07, 6.45) is 1.77. The van der Waals surface area contributed by atoms with E-state index in [1.807, 2.05) is 0 Å². The summed E-state index contributed by atoms with van der Waals surface area (Å²) < 4.78 is 32.3. The molecule has 1 unspecified atom stereocenters. The van der Waals surface area contributed by atoms with Crippen molar-refractivity contribution in [2.24, 2.45) is 5.92 Å². The Morgan fingerprint density at radius 3 is 2.86 bits per heavy atom. The van der Waals surface area contributed by atoms with Gasteiger partial charge in [0.1, 0.15) is 0 Å². The number of aromatic carboxylic acids is 1. The van der Waals surface area contributed by atoms with E-state index in [9.17, 15) is 13.2 Å². The lowest BCUT2D eigenvalue weighted by atomic mass is 10.0. The lowest BCUT2D eigenvalue weighted by Gasteiger charge is -2.22. The lowest BCUT2D eigenvalue weighted by Crippen LogP contribution is -2.34. The summed E-state index contributed by atoms with van der Waals surface area (Å²) in [6, 6.07) is 3.70. The molecule has 1 atom stereocenters. The number of hydrogen-bond acceptors (Lipinski definition) is 5. The van der Waals surface area contributed by atoms with Crippen LogP contribution in [-0.2, 0) is 14.8 Å². The van der Waals surface area contributed by atoms with E-state index in [-0.39, 0.29) is 28.6 Å². The van der Waals surface area contributed by atoms with Crippen LogP contribution < -0.4 is 10.5 Å². The zero-order chi connectivity index (χ0) is 15.5. The smallest absolute Gasteiger partial charge is 0.337 e. The molecular weight excluding hydrogens is 296 g/mol. The number of carboxylic acid groups (broad SMARTS) is 1. The first-order valence-electron chi connectivity index (χ1n) is 6.60. The van der Waals surface area contributed by atoms with Crippen LogP contribution in [0.3, 0.4) is 0 Å². The molecule has 0 spiro atoms. The van der Waals surface area contributed by atoms with Crippen LogP contribution in [0.5, 0.6) is 0 Å². The van der Waals surface area contributed by atoms with Gasteiger partial charge < -0.3 is 15.6 Å². The van der Waals surface area contributed by atoms with Gasteiger partial charge in [0, 0.05) is 18.8 Å². The first-order chi connectivity index (χ1) is 9.90. The van der Waals surface area contributed by atoms with Crippen molar-refractivity contribution in [2.75, 3.05) is 25.5 Å². The molecule has 2 rings (SSSR count). The van der Waals surface area contributed by atoms with Gasteiger partial charge in [-0.3, -0.25) is 0 Å². The molecule has 1 aromatic carbocycles. The molecule has 0 saturated carbocycles. The van der Waals surface area contributed by atoms with Crippen molar-refractivity contribution >= 4 is 21.7 Å². The second-order valence-corrected chi connectivity index (χ2v) is 6.73. The van der Waals surface area contributed by atoms with Crippen molar-refractivity contribution in [1.29, 1.82) is 0 Å². The Labute approximate surface area is 123 Å². The molecule has 21 heavy (non-hydrogen) atoms. The summed E-state index contributed by atoms with van der Waals surface area (Å²) in [7, 11) is -3.92. The zero-order valence-corrected chi connectivity index (χ0v) is 12.2. The Morgan fingerprint density at radius 2 is 2.24 bits per heavy atom. The number of sulfonamides is 1. The minimum Gasteiger partial charge on any atom is -0.478 e. The van der Waals surface area contributed by atoms with Gasteiger partial charge in [0.2, 0.25) is 10.0 Å². The summed E-state index contributed by atoms with van der Waals surface area (Å²) in [4.78, 5) is 10.8. The van der Waals surface area contributed by atoms with Gasteiger partial charge in [0.25, 0.3) is 0 Å². The number of carboxylic acids is 1. The van der Waals surface area contributed by atoms with Crippen LogP contribution >= 0.6 is 0 Å². The molecule has 0 bridgehead atoms. The first-order valence-corrected chi connectivity index (χ1v) is 8.08. The molecule has 1 heterocycles. The molecule has 1 aromatic rings. The topological polar surface area (TPSA) is 119 Å². The molecule has 116 valence electrons. The number of nitrogen functional groups attached to an aromatic ring is 1. The molecule has 4 N–H and O–H groups in total. The molecule has 0 radical (unpaired) electrons. The highest BCUT2D eigenvalue weighted by Crippen LogP contribution is 2.20. The number of rotatable bonds is 5. The van der Waals surface area contributed by atoms with Crippen LogP contribution in [0, 0.1) is 5.92 Å². The molecule has 1 saturated heterocycles. The predicted octanol–water partition coefficient (Wildman–Crippen LogP) is 0.672. The standard InChI is InChI=1S/C13H18N2O5S/c14-10-3-4-11(13(16)17)12(6-10)21(18,19)15-7-9-2-1-5-20-8-9/h3-4,6,9,15H,1-2,5,7-8,14H2,(H,16,17). The fourth-order valence-electron chi connectivity index (χ4n) is 2.21. The summed E-state index contributed by atoms with van der Waals surface area (Å²) in [5.41, 5.74) is 5.46. The molecular formula is C13H18N2O5S. The predicted molar refractivity (Wildman–Crippen MR) is 76.5 cm³/mol. The number of ether oxygens (including phenoxy) is 1. The maximum absolute atomic E-state index is 12.3. The fraction of sp³-hybridized carbons (Fsp3) is 0.462. The monoisotopic (exact) mass is 314 g/mol. The number of hydrogen-bond donors (Lipinski definition) is 3. The van der Waals surface area contributed by atoms with Gasteiger partial charge in [0.05, 0.1) is 17.1 Å². The van der Waals surface area contributed by atoms with Crippen LogP contribution in [0.25, 0.3) is 0 Å². The largest absolute Gasteiger partial charge is 0.478 e. The Hall–Kier alpha value is -1.64. The van der Waals surface area contributed by atoms with Crippen LogP contribution in [0.2, 0.25) is 0 Å². The Morgan fingerprint density at radius 1 is 1.48 bits per heavy atom. The van der Waals surface area contributed by atoms with Crippen molar-refractivity contribution in [3.8, 4) is 0 Å². The van der Waals surface area contributed by atoms with E-state index < -0.39 is 16.0 Å². The SMILES string of the molecule is Nc1ccc(C(=O)O)c(S(=O)(=O)NCC2CCCOC2)c1. The molecule has 1 fully saturated rings. The second-order valence-electron chi connectivity index (χ2n) is 5.00. The lowest BCUT2D eigenvalue weighted by molar-refractivity contribution is 0.0567. The third-order valence-corrected chi connectivity index (χ3v) is 4.81. The molecule has 1 aliphatic rings. The summed E-state index contributed by atoms with van der Waals surface area (Å²) >= 11 is 0. The molecule has 7 nitrogen and oxygen atoms in total. The van der Waals surface area contributed by atoms with Crippen LogP contribution in [0.4, 0.5) is 5.69 Å². The van der Waals surface area contributed by atoms with Gasteiger partial charge in [-0.05, 0) is 37.0 Å².